The van der Waals surface area contributed by atoms with Crippen LogP contribution in [0.3, 0.4) is 0 Å². The normalized spacial score (nSPS) is 12.2. The second-order valence-electron chi connectivity index (χ2n) is 4.63. The molecule has 0 bridgehead atoms. The minimum Gasteiger partial charge on any atom is -0.481 e. The van der Waals surface area contributed by atoms with E-state index < -0.39 is 23.0 Å². The molecule has 1 aromatic heterocycles. The van der Waals surface area contributed by atoms with Crippen LogP contribution in [0.1, 0.15) is 30.1 Å². The zero-order valence-electron chi connectivity index (χ0n) is 11.0. The predicted molar refractivity (Wildman–Crippen MR) is 67.3 cm³/mol. The van der Waals surface area contributed by atoms with Crippen LogP contribution in [0, 0.1) is 5.92 Å². The maximum absolute atomic E-state index is 12.0. The van der Waals surface area contributed by atoms with Gasteiger partial charge in [-0.2, -0.15) is 0 Å². The Morgan fingerprint density at radius 2 is 1.84 bits per heavy atom. The zero-order valence-corrected chi connectivity index (χ0v) is 11.0. The summed E-state index contributed by atoms with van der Waals surface area (Å²) >= 11 is 0. The Morgan fingerprint density at radius 3 is 2.37 bits per heavy atom. The first-order valence-electron chi connectivity index (χ1n) is 5.75. The summed E-state index contributed by atoms with van der Waals surface area (Å²) < 4.78 is 2.01. The molecule has 0 saturated carbocycles. The molecule has 7 nitrogen and oxygen atoms in total. The quantitative estimate of drug-likeness (QED) is 0.744. The summed E-state index contributed by atoms with van der Waals surface area (Å²) in [6, 6.07) is 0. The number of carboxylic acids is 1. The molecule has 0 fully saturated rings. The minimum atomic E-state index is -0.992. The number of nitrogens with zero attached hydrogens (tertiary/aromatic N) is 2. The van der Waals surface area contributed by atoms with Crippen LogP contribution in [0.2, 0.25) is 0 Å². The summed E-state index contributed by atoms with van der Waals surface area (Å²) in [6.07, 6.45) is 1.01. The van der Waals surface area contributed by atoms with Crippen LogP contribution in [0.5, 0.6) is 0 Å². The van der Waals surface area contributed by atoms with Gasteiger partial charge in [0.2, 0.25) is 0 Å². The molecule has 0 aromatic carbocycles. The highest BCUT2D eigenvalue weighted by atomic mass is 16.4. The Morgan fingerprint density at radius 1 is 1.26 bits per heavy atom. The van der Waals surface area contributed by atoms with Crippen LogP contribution in [0.25, 0.3) is 0 Å². The Balaban J connectivity index is 3.05. The van der Waals surface area contributed by atoms with Gasteiger partial charge in [-0.25, -0.2) is 4.79 Å². The molecular weight excluding hydrogens is 252 g/mol. The maximum Gasteiger partial charge on any atom is 0.330 e. The molecule has 0 spiro atoms. The van der Waals surface area contributed by atoms with E-state index in [0.717, 1.165) is 9.13 Å². The first-order valence-corrected chi connectivity index (χ1v) is 5.75. The Labute approximate surface area is 109 Å². The standard InChI is InChI=1S/C12H16N2O5/c1-7(5-10(16)17)4-9(15)8-6-13(2)12(19)14(3)11(8)18/h6-7H,4-5H2,1-3H3,(H,16,17). The lowest BCUT2D eigenvalue weighted by Gasteiger charge is -2.09. The van der Waals surface area contributed by atoms with E-state index in [1.165, 1.54) is 20.3 Å². The smallest absolute Gasteiger partial charge is 0.330 e. The number of carboxylic acid groups (broad SMARTS) is 1. The summed E-state index contributed by atoms with van der Waals surface area (Å²) in [7, 11) is 2.74. The molecule has 1 unspecified atom stereocenters. The van der Waals surface area contributed by atoms with Crippen LogP contribution in [0.15, 0.2) is 15.8 Å². The van der Waals surface area contributed by atoms with Crippen LogP contribution in [-0.4, -0.2) is 26.0 Å². The average molecular weight is 268 g/mol. The van der Waals surface area contributed by atoms with Crippen molar-refractivity contribution < 1.29 is 14.7 Å². The second-order valence-corrected chi connectivity index (χ2v) is 4.63. The third-order valence-corrected chi connectivity index (χ3v) is 2.80. The monoisotopic (exact) mass is 268 g/mol. The lowest BCUT2D eigenvalue weighted by molar-refractivity contribution is -0.137. The first kappa shape index (κ1) is 14.9. The average Bonchev–Trinajstić information content (AvgIpc) is 2.29. The van der Waals surface area contributed by atoms with Gasteiger partial charge in [0.1, 0.15) is 0 Å². The van der Waals surface area contributed by atoms with Gasteiger partial charge < -0.3 is 9.67 Å². The van der Waals surface area contributed by atoms with E-state index in [-0.39, 0.29) is 24.3 Å². The Kier molecular flexibility index (Phi) is 4.42. The van der Waals surface area contributed by atoms with Gasteiger partial charge in [-0.15, -0.1) is 0 Å². The molecule has 1 aromatic rings. The number of hydrogen-bond acceptors (Lipinski definition) is 4. The lowest BCUT2D eigenvalue weighted by Crippen LogP contribution is -2.39. The molecular formula is C12H16N2O5. The fourth-order valence-corrected chi connectivity index (χ4v) is 1.80. The van der Waals surface area contributed by atoms with E-state index in [0.29, 0.717) is 0 Å². The number of aryl methyl sites for hydroxylation is 1. The maximum atomic E-state index is 12.0. The summed E-state index contributed by atoms with van der Waals surface area (Å²) in [5.74, 6) is -1.81. The third kappa shape index (κ3) is 3.40. The molecule has 1 heterocycles. The van der Waals surface area contributed by atoms with E-state index in [4.69, 9.17) is 5.11 Å². The minimum absolute atomic E-state index is 0.0419. The molecule has 0 aliphatic rings. The topological polar surface area (TPSA) is 98.4 Å². The highest BCUT2D eigenvalue weighted by Gasteiger charge is 2.18. The molecule has 1 N–H and O–H groups in total. The van der Waals surface area contributed by atoms with Crippen LogP contribution >= 0.6 is 0 Å². The number of carbonyl (C=O) groups excluding carboxylic acids is 1. The molecule has 19 heavy (non-hydrogen) atoms. The molecule has 1 rings (SSSR count). The third-order valence-electron chi connectivity index (χ3n) is 2.80. The van der Waals surface area contributed by atoms with Crippen molar-refractivity contribution >= 4 is 11.8 Å². The molecule has 0 aliphatic carbocycles. The first-order chi connectivity index (χ1) is 8.73. The number of rotatable bonds is 5. The zero-order chi connectivity index (χ0) is 14.7. The van der Waals surface area contributed by atoms with E-state index in [9.17, 15) is 19.2 Å². The van der Waals surface area contributed by atoms with Crippen molar-refractivity contribution in [1.29, 1.82) is 0 Å². The van der Waals surface area contributed by atoms with Crippen LogP contribution in [0.4, 0.5) is 0 Å². The Hall–Kier alpha value is -2.18. The van der Waals surface area contributed by atoms with Crippen molar-refractivity contribution in [2.24, 2.45) is 20.0 Å². The van der Waals surface area contributed by atoms with Crippen LogP contribution in [-0.2, 0) is 18.9 Å². The summed E-state index contributed by atoms with van der Waals surface area (Å²) in [6.45, 7) is 1.62. The molecule has 0 saturated heterocycles. The molecule has 104 valence electrons. The van der Waals surface area contributed by atoms with E-state index in [2.05, 4.69) is 0 Å². The second kappa shape index (κ2) is 5.64. The van der Waals surface area contributed by atoms with Gasteiger partial charge in [0.05, 0.1) is 5.56 Å². The van der Waals surface area contributed by atoms with Gasteiger partial charge in [-0.3, -0.25) is 19.0 Å². The number of aromatic nitrogens is 2. The fourth-order valence-electron chi connectivity index (χ4n) is 1.80. The summed E-state index contributed by atoms with van der Waals surface area (Å²) in [4.78, 5) is 45.7. The van der Waals surface area contributed by atoms with E-state index in [1.807, 2.05) is 0 Å². The lowest BCUT2D eigenvalue weighted by atomic mass is 9.98. The molecule has 0 amide bonds. The largest absolute Gasteiger partial charge is 0.481 e. The van der Waals surface area contributed by atoms with Crippen molar-refractivity contribution in [3.8, 4) is 0 Å². The number of carbonyl (C=O) groups is 2. The van der Waals surface area contributed by atoms with Crippen molar-refractivity contribution in [3.05, 3.63) is 32.6 Å². The highest BCUT2D eigenvalue weighted by molar-refractivity contribution is 5.95. The molecule has 1 atom stereocenters. The van der Waals surface area contributed by atoms with Crippen molar-refractivity contribution in [3.63, 3.8) is 0 Å². The summed E-state index contributed by atoms with van der Waals surface area (Å²) in [5, 5.41) is 8.62. The van der Waals surface area contributed by atoms with Gasteiger partial charge >= 0.3 is 11.7 Å². The van der Waals surface area contributed by atoms with Gasteiger partial charge in [0.25, 0.3) is 5.56 Å². The predicted octanol–water partition coefficient (Wildman–Crippen LogP) is -0.232. The van der Waals surface area contributed by atoms with Gasteiger partial charge in [0, 0.05) is 33.1 Å². The highest BCUT2D eigenvalue weighted by Crippen LogP contribution is 2.10. The van der Waals surface area contributed by atoms with Crippen molar-refractivity contribution in [2.45, 2.75) is 19.8 Å². The van der Waals surface area contributed by atoms with E-state index >= 15 is 0 Å². The Bertz CT molecular complexity index is 626. The van der Waals surface area contributed by atoms with Gasteiger partial charge in [-0.1, -0.05) is 6.92 Å². The SMILES string of the molecule is CC(CC(=O)O)CC(=O)c1cn(C)c(=O)n(C)c1=O. The number of hydrogen-bond donors (Lipinski definition) is 1. The van der Waals surface area contributed by atoms with E-state index in [1.54, 1.807) is 6.92 Å². The molecule has 7 heteroatoms. The van der Waals surface area contributed by atoms with Gasteiger partial charge in [0.15, 0.2) is 5.78 Å². The molecule has 0 radical (unpaired) electrons. The fraction of sp³-hybridized carbons (Fsp3) is 0.500. The van der Waals surface area contributed by atoms with Crippen molar-refractivity contribution in [2.75, 3.05) is 0 Å². The van der Waals surface area contributed by atoms with Crippen molar-refractivity contribution in [1.82, 2.24) is 9.13 Å². The number of aliphatic carboxylic acids is 1. The van der Waals surface area contributed by atoms with Crippen LogP contribution < -0.4 is 11.2 Å². The van der Waals surface area contributed by atoms with Gasteiger partial charge in [-0.05, 0) is 5.92 Å². The number of Topliss-reactive ketones (excluding diaryl/α,β-unsaturated/α-hetero) is 1. The summed E-state index contributed by atoms with van der Waals surface area (Å²) in [5.41, 5.74) is -1.27. The molecule has 0 aliphatic heterocycles. The number of ketones is 1.